The van der Waals surface area contributed by atoms with E-state index < -0.39 is 0 Å². The van der Waals surface area contributed by atoms with E-state index in [1.165, 1.54) is 12.8 Å². The Morgan fingerprint density at radius 2 is 2.00 bits per heavy atom. The lowest BCUT2D eigenvalue weighted by molar-refractivity contribution is -0.132. The van der Waals surface area contributed by atoms with E-state index in [2.05, 4.69) is 16.9 Å². The number of hydrogen-bond acceptors (Lipinski definition) is 5. The molecule has 0 aliphatic carbocycles. The van der Waals surface area contributed by atoms with Crippen molar-refractivity contribution < 1.29 is 9.59 Å². The number of hydrogen-bond donors (Lipinski definition) is 0. The molecule has 28 heavy (non-hydrogen) atoms. The number of nitrogens with zero attached hydrogens (tertiary/aromatic N) is 5. The van der Waals surface area contributed by atoms with Gasteiger partial charge in [-0.15, -0.1) is 0 Å². The maximum atomic E-state index is 12.8. The summed E-state index contributed by atoms with van der Waals surface area (Å²) < 4.78 is 0. The molecule has 0 radical (unpaired) electrons. The van der Waals surface area contributed by atoms with Gasteiger partial charge in [-0.05, 0) is 32.9 Å². The molecule has 152 valence electrons. The highest BCUT2D eigenvalue weighted by molar-refractivity contribution is 5.77. The van der Waals surface area contributed by atoms with Crippen LogP contribution in [0.15, 0.2) is 6.20 Å². The van der Waals surface area contributed by atoms with Gasteiger partial charge in [-0.25, -0.2) is 9.97 Å². The first kappa shape index (κ1) is 19.3. The lowest BCUT2D eigenvalue weighted by atomic mass is 9.99. The molecule has 0 N–H and O–H groups in total. The summed E-state index contributed by atoms with van der Waals surface area (Å²) in [6, 6.07) is 0.393. The van der Waals surface area contributed by atoms with E-state index in [0.717, 1.165) is 62.5 Å². The summed E-state index contributed by atoms with van der Waals surface area (Å²) in [6.45, 7) is 5.57. The van der Waals surface area contributed by atoms with Gasteiger partial charge in [0, 0.05) is 69.7 Å². The fourth-order valence-corrected chi connectivity index (χ4v) is 4.73. The van der Waals surface area contributed by atoms with Crippen LogP contribution in [0.5, 0.6) is 0 Å². The lowest BCUT2D eigenvalue weighted by Crippen LogP contribution is -2.41. The van der Waals surface area contributed by atoms with Gasteiger partial charge >= 0.3 is 0 Å². The standard InChI is InChI=1S/C21H31N5O2/c1-15(27)25-10-7-19-17(14-25)12-22-21(23-19)16-6-9-26(13-16)20(28)11-18-5-3-4-8-24(18)2/h12,16,18H,3-11,13-14H2,1-2H3. The van der Waals surface area contributed by atoms with Gasteiger partial charge in [0.05, 0.1) is 5.69 Å². The second kappa shape index (κ2) is 8.15. The lowest BCUT2D eigenvalue weighted by Gasteiger charge is -2.33. The van der Waals surface area contributed by atoms with Crippen molar-refractivity contribution in [3.8, 4) is 0 Å². The molecule has 2 saturated heterocycles. The maximum Gasteiger partial charge on any atom is 0.224 e. The quantitative estimate of drug-likeness (QED) is 0.790. The van der Waals surface area contributed by atoms with Crippen LogP contribution in [0.25, 0.3) is 0 Å². The first-order chi connectivity index (χ1) is 13.5. The Balaban J connectivity index is 1.36. The van der Waals surface area contributed by atoms with Crippen LogP contribution in [0.3, 0.4) is 0 Å². The van der Waals surface area contributed by atoms with Crippen molar-refractivity contribution in [3.63, 3.8) is 0 Å². The zero-order chi connectivity index (χ0) is 19.7. The Bertz CT molecular complexity index is 752. The number of rotatable bonds is 3. The fourth-order valence-electron chi connectivity index (χ4n) is 4.73. The zero-order valence-corrected chi connectivity index (χ0v) is 17.1. The van der Waals surface area contributed by atoms with Crippen molar-refractivity contribution in [2.75, 3.05) is 33.2 Å². The Morgan fingerprint density at radius 1 is 1.14 bits per heavy atom. The molecule has 2 amide bonds. The third-order valence-corrected chi connectivity index (χ3v) is 6.64. The van der Waals surface area contributed by atoms with E-state index in [0.29, 0.717) is 19.0 Å². The number of aromatic nitrogens is 2. The van der Waals surface area contributed by atoms with Crippen molar-refractivity contribution in [2.24, 2.45) is 0 Å². The van der Waals surface area contributed by atoms with Gasteiger partial charge in [-0.3, -0.25) is 9.59 Å². The van der Waals surface area contributed by atoms with Gasteiger partial charge in [0.2, 0.25) is 11.8 Å². The number of amides is 2. The van der Waals surface area contributed by atoms with Gasteiger partial charge in [0.25, 0.3) is 0 Å². The average molecular weight is 386 g/mol. The molecule has 7 nitrogen and oxygen atoms in total. The minimum absolute atomic E-state index is 0.100. The van der Waals surface area contributed by atoms with E-state index in [1.807, 2.05) is 16.0 Å². The molecule has 1 aromatic rings. The van der Waals surface area contributed by atoms with Crippen molar-refractivity contribution in [2.45, 2.75) is 64.0 Å². The topological polar surface area (TPSA) is 69.6 Å². The SMILES string of the molecule is CC(=O)N1CCc2nc(C3CCN(C(=O)CC4CCCCN4C)C3)ncc2C1. The summed E-state index contributed by atoms with van der Waals surface area (Å²) in [4.78, 5) is 40.0. The van der Waals surface area contributed by atoms with Crippen molar-refractivity contribution in [1.29, 1.82) is 0 Å². The second-order valence-electron chi connectivity index (χ2n) is 8.55. The average Bonchev–Trinajstić information content (AvgIpc) is 3.19. The highest BCUT2D eigenvalue weighted by atomic mass is 16.2. The molecule has 4 rings (SSSR count). The van der Waals surface area contributed by atoms with Crippen LogP contribution in [0.2, 0.25) is 0 Å². The predicted molar refractivity (Wildman–Crippen MR) is 106 cm³/mol. The molecule has 2 fully saturated rings. The Hall–Kier alpha value is -2.02. The minimum Gasteiger partial charge on any atom is -0.342 e. The van der Waals surface area contributed by atoms with Crippen molar-refractivity contribution >= 4 is 11.8 Å². The van der Waals surface area contributed by atoms with E-state index in [-0.39, 0.29) is 17.7 Å². The number of piperidine rings is 1. The molecule has 2 atom stereocenters. The summed E-state index contributed by atoms with van der Waals surface area (Å²) in [7, 11) is 2.14. The number of carbonyl (C=O) groups excluding carboxylic acids is 2. The molecule has 7 heteroatoms. The van der Waals surface area contributed by atoms with Crippen molar-refractivity contribution in [3.05, 3.63) is 23.3 Å². The van der Waals surface area contributed by atoms with Crippen LogP contribution in [0.1, 0.15) is 62.0 Å². The zero-order valence-electron chi connectivity index (χ0n) is 17.1. The van der Waals surface area contributed by atoms with Gasteiger partial charge < -0.3 is 14.7 Å². The molecule has 0 saturated carbocycles. The molecule has 1 aromatic heterocycles. The van der Waals surface area contributed by atoms with Gasteiger partial charge in [-0.2, -0.15) is 0 Å². The van der Waals surface area contributed by atoms with Crippen LogP contribution >= 0.6 is 0 Å². The highest BCUT2D eigenvalue weighted by Gasteiger charge is 2.32. The van der Waals surface area contributed by atoms with E-state index >= 15 is 0 Å². The highest BCUT2D eigenvalue weighted by Crippen LogP contribution is 2.28. The Morgan fingerprint density at radius 3 is 2.79 bits per heavy atom. The first-order valence-corrected chi connectivity index (χ1v) is 10.6. The molecule has 4 heterocycles. The van der Waals surface area contributed by atoms with Gasteiger partial charge in [0.1, 0.15) is 5.82 Å². The monoisotopic (exact) mass is 385 g/mol. The number of fused-ring (bicyclic) bond motifs is 1. The molecule has 3 aliphatic heterocycles. The Kier molecular flexibility index (Phi) is 5.62. The van der Waals surface area contributed by atoms with E-state index in [4.69, 9.17) is 4.98 Å². The third kappa shape index (κ3) is 4.04. The summed E-state index contributed by atoms with van der Waals surface area (Å²) in [5.74, 6) is 1.46. The summed E-state index contributed by atoms with van der Waals surface area (Å²) in [5.41, 5.74) is 2.12. The molecule has 0 spiro atoms. The molecular weight excluding hydrogens is 354 g/mol. The summed E-state index contributed by atoms with van der Waals surface area (Å²) in [6.07, 6.45) is 7.84. The van der Waals surface area contributed by atoms with Crippen LogP contribution in [0.4, 0.5) is 0 Å². The first-order valence-electron chi connectivity index (χ1n) is 10.6. The normalized spacial score (nSPS) is 25.6. The van der Waals surface area contributed by atoms with Gasteiger partial charge in [-0.1, -0.05) is 6.42 Å². The van der Waals surface area contributed by atoms with Crippen LogP contribution in [-0.2, 0) is 22.6 Å². The summed E-state index contributed by atoms with van der Waals surface area (Å²) in [5, 5.41) is 0. The largest absolute Gasteiger partial charge is 0.342 e. The molecule has 0 bridgehead atoms. The smallest absolute Gasteiger partial charge is 0.224 e. The second-order valence-corrected chi connectivity index (χ2v) is 8.55. The van der Waals surface area contributed by atoms with Crippen molar-refractivity contribution in [1.82, 2.24) is 24.7 Å². The van der Waals surface area contributed by atoms with Gasteiger partial charge in [0.15, 0.2) is 0 Å². The van der Waals surface area contributed by atoms with Crippen LogP contribution < -0.4 is 0 Å². The van der Waals surface area contributed by atoms with E-state index in [1.54, 1.807) is 6.92 Å². The Labute approximate surface area is 167 Å². The predicted octanol–water partition coefficient (Wildman–Crippen LogP) is 1.57. The molecule has 0 aromatic carbocycles. The third-order valence-electron chi connectivity index (χ3n) is 6.64. The van der Waals surface area contributed by atoms with E-state index in [9.17, 15) is 9.59 Å². The van der Waals surface area contributed by atoms with Crippen LogP contribution in [-0.4, -0.2) is 75.8 Å². The molecule has 2 unspecified atom stereocenters. The van der Waals surface area contributed by atoms with Crippen LogP contribution in [0, 0.1) is 0 Å². The molecule has 3 aliphatic rings. The summed E-state index contributed by atoms with van der Waals surface area (Å²) >= 11 is 0. The number of likely N-dealkylation sites (tertiary alicyclic amines) is 2. The fraction of sp³-hybridized carbons (Fsp3) is 0.714. The minimum atomic E-state index is 0.100. The molecular formula is C21H31N5O2. The maximum absolute atomic E-state index is 12.8. The number of carbonyl (C=O) groups is 2.